The van der Waals surface area contributed by atoms with Gasteiger partial charge in [-0.25, -0.2) is 4.79 Å². The fourth-order valence-electron chi connectivity index (χ4n) is 5.97. The van der Waals surface area contributed by atoms with Gasteiger partial charge < -0.3 is 45.7 Å². The van der Waals surface area contributed by atoms with Gasteiger partial charge in [0.2, 0.25) is 0 Å². The van der Waals surface area contributed by atoms with Gasteiger partial charge in [0.15, 0.2) is 0 Å². The Bertz CT molecular complexity index is 2150. The van der Waals surface area contributed by atoms with Crippen LogP contribution in [-0.4, -0.2) is 115 Å². The van der Waals surface area contributed by atoms with Crippen molar-refractivity contribution in [3.05, 3.63) is 139 Å². The largest absolute Gasteiger partial charge is 0.444 e. The van der Waals surface area contributed by atoms with Crippen LogP contribution in [0.2, 0.25) is 0 Å². The third-order valence-corrected chi connectivity index (χ3v) is 9.03. The molecule has 8 rings (SSSR count). The SMILES string of the molecule is CC(C)(C)OC(=O)NCCN1CCNC(=O)c2ccc(n(OCc3ccccc3)c2=O)C(=O)NCCOCCNC(=O)c2ccc(c(=O)n2OCc2ccccc2)C(=O)NCC1. The molecule has 4 aliphatic rings. The van der Waals surface area contributed by atoms with E-state index in [4.69, 9.17) is 19.1 Å². The van der Waals surface area contributed by atoms with E-state index < -0.39 is 46.4 Å². The van der Waals surface area contributed by atoms with E-state index in [9.17, 15) is 33.6 Å². The summed E-state index contributed by atoms with van der Waals surface area (Å²) < 4.78 is 12.5. The van der Waals surface area contributed by atoms with Crippen molar-refractivity contribution in [3.8, 4) is 0 Å². The number of nitrogens with one attached hydrogen (secondary N) is 5. The number of alkyl carbamates (subject to hydrolysis) is 1. The monoisotopic (exact) mass is 856 g/mol. The Balaban J connectivity index is 1.37. The van der Waals surface area contributed by atoms with Crippen LogP contribution in [0.3, 0.4) is 0 Å². The van der Waals surface area contributed by atoms with Crippen LogP contribution in [0.15, 0.2) is 94.5 Å². The molecule has 0 aliphatic carbocycles. The van der Waals surface area contributed by atoms with Crippen LogP contribution in [0, 0.1) is 0 Å². The van der Waals surface area contributed by atoms with Crippen LogP contribution in [0.25, 0.3) is 0 Å². The topological polar surface area (TPSA) is 230 Å². The molecule has 0 atom stereocenters. The van der Waals surface area contributed by atoms with Crippen LogP contribution in [0.5, 0.6) is 0 Å². The maximum Gasteiger partial charge on any atom is 0.407 e. The predicted octanol–water partition coefficient (Wildman–Crippen LogP) is 0.744. The van der Waals surface area contributed by atoms with Crippen molar-refractivity contribution >= 4 is 29.7 Å². The fraction of sp³-hybridized carbons (Fsp3) is 0.372. The number of carbonyl (C=O) groups excluding carboxylic acids is 5. The number of rotatable bonds is 9. The summed E-state index contributed by atoms with van der Waals surface area (Å²) in [4.78, 5) is 107. The van der Waals surface area contributed by atoms with E-state index in [1.54, 1.807) is 69.3 Å². The van der Waals surface area contributed by atoms with Crippen molar-refractivity contribution in [2.75, 3.05) is 65.6 Å². The smallest absolute Gasteiger partial charge is 0.407 e. The minimum absolute atomic E-state index is 0.0160. The maximum absolute atomic E-state index is 13.7. The highest BCUT2D eigenvalue weighted by Crippen LogP contribution is 2.08. The van der Waals surface area contributed by atoms with Crippen molar-refractivity contribution in [3.63, 3.8) is 0 Å². The zero-order valence-electron chi connectivity index (χ0n) is 34.9. The molecule has 6 heterocycles. The lowest BCUT2D eigenvalue weighted by Crippen LogP contribution is -2.45. The summed E-state index contributed by atoms with van der Waals surface area (Å²) in [7, 11) is 0. The quantitative estimate of drug-likeness (QED) is 0.157. The Morgan fingerprint density at radius 3 is 1.48 bits per heavy atom. The number of carbonyl (C=O) groups is 5. The van der Waals surface area contributed by atoms with Crippen LogP contribution < -0.4 is 47.4 Å². The molecule has 0 saturated heterocycles. The summed E-state index contributed by atoms with van der Waals surface area (Å²) in [5.74, 6) is -2.79. The summed E-state index contributed by atoms with van der Waals surface area (Å²) in [6, 6.07) is 23.0. The number of nitrogens with zero attached hydrogens (tertiary/aromatic N) is 3. The summed E-state index contributed by atoms with van der Waals surface area (Å²) >= 11 is 0. The highest BCUT2D eigenvalue weighted by atomic mass is 16.7. The molecule has 4 aliphatic heterocycles. The van der Waals surface area contributed by atoms with Gasteiger partial charge in [0.25, 0.3) is 34.7 Å². The van der Waals surface area contributed by atoms with E-state index >= 15 is 0 Å². The van der Waals surface area contributed by atoms with Crippen molar-refractivity contribution in [2.24, 2.45) is 0 Å². The van der Waals surface area contributed by atoms with Crippen molar-refractivity contribution < 1.29 is 43.1 Å². The van der Waals surface area contributed by atoms with Gasteiger partial charge >= 0.3 is 6.09 Å². The highest BCUT2D eigenvalue weighted by molar-refractivity contribution is 5.97. The van der Waals surface area contributed by atoms with Gasteiger partial charge in [0.05, 0.1) is 13.2 Å². The molecule has 0 radical (unpaired) electrons. The molecule has 2 aromatic heterocycles. The third kappa shape index (κ3) is 13.8. The van der Waals surface area contributed by atoms with Gasteiger partial charge in [-0.2, -0.15) is 0 Å². The summed E-state index contributed by atoms with van der Waals surface area (Å²) in [6.45, 7) is 5.97. The first kappa shape index (κ1) is 46.1. The zero-order chi connectivity index (χ0) is 44.5. The molecule has 19 nitrogen and oxygen atoms in total. The van der Waals surface area contributed by atoms with E-state index in [2.05, 4.69) is 26.6 Å². The van der Waals surface area contributed by atoms with Crippen molar-refractivity contribution in [2.45, 2.75) is 39.6 Å². The van der Waals surface area contributed by atoms with Crippen molar-refractivity contribution in [1.82, 2.24) is 40.9 Å². The van der Waals surface area contributed by atoms with E-state index in [1.807, 2.05) is 17.0 Å². The lowest BCUT2D eigenvalue weighted by atomic mass is 10.2. The minimum atomic E-state index is -0.863. The first-order valence-electron chi connectivity index (χ1n) is 20.1. The molecule has 4 aromatic rings. The molecule has 62 heavy (non-hydrogen) atoms. The lowest BCUT2D eigenvalue weighted by molar-refractivity contribution is 0.0521. The maximum atomic E-state index is 13.7. The zero-order valence-corrected chi connectivity index (χ0v) is 34.9. The predicted molar refractivity (Wildman–Crippen MR) is 226 cm³/mol. The van der Waals surface area contributed by atoms with Gasteiger partial charge in [-0.05, 0) is 56.2 Å². The fourth-order valence-corrected chi connectivity index (χ4v) is 5.97. The molecule has 0 unspecified atom stereocenters. The van der Waals surface area contributed by atoms with Gasteiger partial charge in [-0.1, -0.05) is 60.7 Å². The second-order valence-electron chi connectivity index (χ2n) is 14.9. The Morgan fingerprint density at radius 2 is 1.05 bits per heavy atom. The van der Waals surface area contributed by atoms with E-state index in [-0.39, 0.29) is 101 Å². The lowest BCUT2D eigenvalue weighted by Gasteiger charge is -2.24. The molecule has 2 aromatic carbocycles. The third-order valence-electron chi connectivity index (χ3n) is 9.03. The summed E-state index contributed by atoms with van der Waals surface area (Å²) in [6.07, 6.45) is -0.629. The van der Waals surface area contributed by atoms with Crippen LogP contribution in [-0.2, 0) is 22.7 Å². The minimum Gasteiger partial charge on any atom is -0.444 e. The molecule has 5 amide bonds. The standard InChI is InChI=1S/C43H52N8O11/c1-43(2,3)62-42(58)48-20-25-49-23-18-44-36(52)32-14-16-34(50(40(32)56)60-28-30-10-6-4-7-11-30)38(54)46-21-26-59-27-22-47-39(55)35-17-15-33(37(53)45-19-24-49)41(57)51(35)61-29-31-12-8-5-9-13-31/h4-17H,18-29H2,1-3H3,(H,44,52)(H,45,53)(H,46,54)(H,47,55)(H,48,58). The first-order valence-corrected chi connectivity index (χ1v) is 20.1. The normalized spacial score (nSPS) is 15.1. The molecule has 0 saturated carbocycles. The second kappa shape index (κ2) is 22.6. The Morgan fingerprint density at radius 1 is 0.613 bits per heavy atom. The molecular weight excluding hydrogens is 805 g/mol. The Kier molecular flexibility index (Phi) is 16.8. The number of benzene rings is 2. The van der Waals surface area contributed by atoms with Crippen LogP contribution in [0.4, 0.5) is 4.79 Å². The van der Waals surface area contributed by atoms with Crippen LogP contribution >= 0.6 is 0 Å². The van der Waals surface area contributed by atoms with E-state index in [0.29, 0.717) is 11.1 Å². The number of ether oxygens (including phenoxy) is 2. The highest BCUT2D eigenvalue weighted by Gasteiger charge is 2.23. The van der Waals surface area contributed by atoms with Crippen LogP contribution in [0.1, 0.15) is 73.6 Å². The molecule has 19 heteroatoms. The number of hydrogen-bond donors (Lipinski definition) is 5. The second-order valence-corrected chi connectivity index (χ2v) is 14.9. The molecule has 4 bridgehead atoms. The van der Waals surface area contributed by atoms with E-state index in [1.165, 1.54) is 24.3 Å². The number of hydrogen-bond acceptors (Lipinski definition) is 12. The number of pyridine rings is 2. The Labute approximate surface area is 357 Å². The Hall–Kier alpha value is -6.99. The van der Waals surface area contributed by atoms with Crippen molar-refractivity contribution in [1.29, 1.82) is 0 Å². The average molecular weight is 857 g/mol. The average Bonchev–Trinajstić information content (AvgIpc) is 3.24. The molecule has 0 spiro atoms. The molecule has 0 fully saturated rings. The molecular formula is C43H52N8O11. The van der Waals surface area contributed by atoms with Gasteiger partial charge in [-0.3, -0.25) is 33.7 Å². The molecule has 330 valence electrons. The van der Waals surface area contributed by atoms with Gasteiger partial charge in [-0.15, -0.1) is 9.46 Å². The summed E-state index contributed by atoms with van der Waals surface area (Å²) in [5.41, 5.74) is -1.90. The number of amides is 5. The summed E-state index contributed by atoms with van der Waals surface area (Å²) in [5, 5.41) is 13.5. The van der Waals surface area contributed by atoms with Gasteiger partial charge in [0.1, 0.15) is 41.3 Å². The molecule has 5 N–H and O–H groups in total. The first-order chi connectivity index (χ1) is 29.8. The number of aromatic nitrogens is 2. The van der Waals surface area contributed by atoms with E-state index in [0.717, 1.165) is 9.46 Å². The van der Waals surface area contributed by atoms with Gasteiger partial charge in [0, 0.05) is 52.4 Å².